The molecule has 0 atom stereocenters. The highest BCUT2D eigenvalue weighted by Crippen LogP contribution is 2.38. The number of carboxylic acids is 1. The Labute approximate surface area is 272 Å². The van der Waals surface area contributed by atoms with Gasteiger partial charge in [0.15, 0.2) is 12.4 Å². The number of pyridine rings is 2. The smallest absolute Gasteiger partial charge is 0.341 e. The number of carboxylic acid groups (broad SMARTS) is 1. The molecule has 5 rings (SSSR count). The number of aromatic carboxylic acids is 1. The molecule has 0 bridgehead atoms. The molecule has 45 heavy (non-hydrogen) atoms. The van der Waals surface area contributed by atoms with E-state index in [1.165, 1.54) is 31.9 Å². The zero-order chi connectivity index (χ0) is 31.2. The Balaban J connectivity index is 0.00000461. The lowest BCUT2D eigenvalue weighted by atomic mass is 10.1. The number of hydrogen-bond donors (Lipinski definition) is 2. The van der Waals surface area contributed by atoms with Crippen LogP contribution in [0.1, 0.15) is 85.0 Å². The number of aromatic nitrogens is 2. The third kappa shape index (κ3) is 8.27. The number of amides is 2. The Morgan fingerprint density at radius 2 is 1.67 bits per heavy atom. The molecule has 12 heteroatoms. The molecule has 3 aromatic rings. The molecule has 0 radical (unpaired) electrons. The van der Waals surface area contributed by atoms with E-state index in [1.807, 2.05) is 4.90 Å². The number of nitrogens with zero attached hydrogens (tertiary/aromatic N) is 4. The predicted octanol–water partition coefficient (Wildman–Crippen LogP) is 0.904. The summed E-state index contributed by atoms with van der Waals surface area (Å²) in [6.45, 7) is 4.63. The quantitative estimate of drug-likeness (QED) is 0.204. The lowest BCUT2D eigenvalue weighted by Gasteiger charge is -2.36. The summed E-state index contributed by atoms with van der Waals surface area (Å²) in [5, 5.41) is 12.5. The first kappa shape index (κ1) is 34.1. The van der Waals surface area contributed by atoms with Crippen molar-refractivity contribution in [3.63, 3.8) is 0 Å². The second kappa shape index (κ2) is 15.5. The Bertz CT molecular complexity index is 1580. The average molecular weight is 687 g/mol. The van der Waals surface area contributed by atoms with E-state index in [0.29, 0.717) is 49.5 Å². The van der Waals surface area contributed by atoms with Crippen LogP contribution in [0.3, 0.4) is 0 Å². The Kier molecular flexibility index (Phi) is 11.7. The van der Waals surface area contributed by atoms with Gasteiger partial charge in [0.1, 0.15) is 11.4 Å². The Morgan fingerprint density at radius 3 is 2.31 bits per heavy atom. The number of halogens is 2. The van der Waals surface area contributed by atoms with E-state index >= 15 is 4.39 Å². The number of hydrogen-bond acceptors (Lipinski definition) is 5. The van der Waals surface area contributed by atoms with Gasteiger partial charge in [0, 0.05) is 62.5 Å². The van der Waals surface area contributed by atoms with Gasteiger partial charge in [-0.05, 0) is 31.4 Å². The van der Waals surface area contributed by atoms with E-state index in [4.69, 9.17) is 0 Å². The van der Waals surface area contributed by atoms with E-state index in [1.54, 1.807) is 44.6 Å². The summed E-state index contributed by atoms with van der Waals surface area (Å²) in [6, 6.07) is 6.28. The standard InChI is InChI=1S/C33H40FN5O5.BrH/c1-2-3-4-5-6-7-12-35-30(40)22-36-13-10-23(11-14-36)32(42)38-17-15-37(16-18-38)29-20-28-25(19-27(29)34)31(41)26(33(43)44)21-39(28)24-8-9-24;/h10-11,13-14,19-21,24H,2-9,12,15-18,22H2,1H3,(H-,35,40,43,44);1H. The third-order valence-corrected chi connectivity index (χ3v) is 8.50. The van der Waals surface area contributed by atoms with Crippen molar-refractivity contribution in [1.82, 2.24) is 14.8 Å². The van der Waals surface area contributed by atoms with Gasteiger partial charge < -0.3 is 41.8 Å². The van der Waals surface area contributed by atoms with Crippen molar-refractivity contribution in [2.45, 2.75) is 70.9 Å². The molecule has 2 amide bonds. The molecule has 10 nitrogen and oxygen atoms in total. The summed E-state index contributed by atoms with van der Waals surface area (Å²) < 4.78 is 18.8. The molecule has 242 valence electrons. The van der Waals surface area contributed by atoms with Gasteiger partial charge in [-0.3, -0.25) is 14.4 Å². The molecule has 3 heterocycles. The van der Waals surface area contributed by atoms with Crippen molar-refractivity contribution < 1.29 is 45.4 Å². The van der Waals surface area contributed by atoms with Crippen molar-refractivity contribution in [3.05, 3.63) is 70.0 Å². The highest BCUT2D eigenvalue weighted by Gasteiger charge is 2.29. The lowest BCUT2D eigenvalue weighted by Crippen LogP contribution is -3.00. The Morgan fingerprint density at radius 1 is 1.00 bits per heavy atom. The van der Waals surface area contributed by atoms with Crippen molar-refractivity contribution in [2.24, 2.45) is 0 Å². The molecule has 2 fully saturated rings. The molecule has 1 saturated carbocycles. The van der Waals surface area contributed by atoms with Crippen LogP contribution in [-0.4, -0.2) is 65.1 Å². The fraction of sp³-hybridized carbons (Fsp3) is 0.485. The van der Waals surface area contributed by atoms with Crippen LogP contribution in [0, 0.1) is 5.82 Å². The molecule has 1 aliphatic carbocycles. The number of piperazine rings is 1. The minimum Gasteiger partial charge on any atom is -1.00 e. The van der Waals surface area contributed by atoms with E-state index < -0.39 is 17.2 Å². The molecular weight excluding hydrogens is 645 g/mol. The van der Waals surface area contributed by atoms with E-state index in [0.717, 1.165) is 31.7 Å². The zero-order valence-corrected chi connectivity index (χ0v) is 27.2. The van der Waals surface area contributed by atoms with Crippen molar-refractivity contribution in [2.75, 3.05) is 37.6 Å². The van der Waals surface area contributed by atoms with Crippen LogP contribution >= 0.6 is 0 Å². The number of anilines is 1. The van der Waals surface area contributed by atoms with Gasteiger partial charge in [-0.1, -0.05) is 39.0 Å². The molecule has 0 unspecified atom stereocenters. The van der Waals surface area contributed by atoms with E-state index in [-0.39, 0.29) is 52.3 Å². The number of nitrogens with one attached hydrogen (secondary N) is 1. The van der Waals surface area contributed by atoms with Gasteiger partial charge >= 0.3 is 5.97 Å². The maximum atomic E-state index is 15.3. The number of benzene rings is 1. The topological polar surface area (TPSA) is 116 Å². The highest BCUT2D eigenvalue weighted by molar-refractivity contribution is 5.95. The maximum absolute atomic E-state index is 15.3. The zero-order valence-electron chi connectivity index (χ0n) is 25.6. The lowest BCUT2D eigenvalue weighted by molar-refractivity contribution is -0.684. The SMILES string of the molecule is CCCCCCCCNC(=O)C[n+]1ccc(C(=O)N2CCN(c3cc4c(cc3F)c(=O)c(C(=O)O)cn4C3CC3)CC2)cc1.[Br-]. The number of carbonyl (C=O) groups excluding carboxylic acids is 2. The molecule has 0 spiro atoms. The van der Waals surface area contributed by atoms with Crippen LogP contribution in [0.4, 0.5) is 10.1 Å². The van der Waals surface area contributed by atoms with Crippen LogP contribution in [0.2, 0.25) is 0 Å². The number of rotatable bonds is 13. The van der Waals surface area contributed by atoms with Crippen LogP contribution in [0.15, 0.2) is 47.7 Å². The fourth-order valence-electron chi connectivity index (χ4n) is 5.80. The first-order valence-electron chi connectivity index (χ1n) is 15.7. The summed E-state index contributed by atoms with van der Waals surface area (Å²) in [7, 11) is 0. The van der Waals surface area contributed by atoms with Crippen LogP contribution in [0.5, 0.6) is 0 Å². The van der Waals surface area contributed by atoms with Crippen molar-refractivity contribution in [3.8, 4) is 0 Å². The minimum absolute atomic E-state index is 0. The van der Waals surface area contributed by atoms with E-state index in [9.17, 15) is 24.3 Å². The van der Waals surface area contributed by atoms with Crippen LogP contribution < -0.4 is 37.2 Å². The monoisotopic (exact) mass is 685 g/mol. The molecule has 1 aromatic carbocycles. The number of unbranched alkanes of at least 4 members (excludes halogenated alkanes) is 5. The van der Waals surface area contributed by atoms with Crippen LogP contribution in [-0.2, 0) is 11.3 Å². The van der Waals surface area contributed by atoms with Gasteiger partial charge in [-0.25, -0.2) is 9.18 Å². The normalized spacial score (nSPS) is 14.7. The minimum atomic E-state index is -1.32. The van der Waals surface area contributed by atoms with Crippen molar-refractivity contribution >= 4 is 34.4 Å². The summed E-state index contributed by atoms with van der Waals surface area (Å²) in [6.07, 6.45) is 13.6. The molecule has 2 aromatic heterocycles. The first-order chi connectivity index (χ1) is 21.3. The van der Waals surface area contributed by atoms with Crippen molar-refractivity contribution in [1.29, 1.82) is 0 Å². The van der Waals surface area contributed by atoms with E-state index in [2.05, 4.69) is 12.2 Å². The summed E-state index contributed by atoms with van der Waals surface area (Å²) in [5.41, 5.74) is 0.315. The molecule has 2 aliphatic rings. The van der Waals surface area contributed by atoms with Gasteiger partial charge in [-0.2, -0.15) is 4.57 Å². The molecule has 1 aliphatic heterocycles. The van der Waals surface area contributed by atoms with Gasteiger partial charge in [0.05, 0.1) is 16.8 Å². The maximum Gasteiger partial charge on any atom is 0.341 e. The fourth-order valence-corrected chi connectivity index (χ4v) is 5.80. The van der Waals surface area contributed by atoms with Gasteiger partial charge in [0.25, 0.3) is 11.8 Å². The second-order valence-corrected chi connectivity index (χ2v) is 11.8. The third-order valence-electron chi connectivity index (χ3n) is 8.50. The molecular formula is C33H41BrFN5O5. The number of fused-ring (bicyclic) bond motifs is 1. The summed E-state index contributed by atoms with van der Waals surface area (Å²) >= 11 is 0. The van der Waals surface area contributed by atoms with Gasteiger partial charge in [-0.15, -0.1) is 0 Å². The average Bonchev–Trinajstić information content (AvgIpc) is 3.86. The summed E-state index contributed by atoms with van der Waals surface area (Å²) in [5.74, 6) is -2.11. The Hall–Kier alpha value is -3.80. The molecule has 2 N–H and O–H groups in total. The second-order valence-electron chi connectivity index (χ2n) is 11.8. The first-order valence-corrected chi connectivity index (χ1v) is 15.7. The van der Waals surface area contributed by atoms with Gasteiger partial charge in [0.2, 0.25) is 12.0 Å². The summed E-state index contributed by atoms with van der Waals surface area (Å²) in [4.78, 5) is 53.5. The number of carbonyl (C=O) groups is 3. The predicted molar refractivity (Wildman–Crippen MR) is 165 cm³/mol. The highest BCUT2D eigenvalue weighted by atomic mass is 79.9. The van der Waals surface area contributed by atoms with Crippen LogP contribution in [0.25, 0.3) is 10.9 Å². The molecule has 1 saturated heterocycles. The largest absolute Gasteiger partial charge is 1.00 e.